The van der Waals surface area contributed by atoms with Gasteiger partial charge in [0, 0.05) is 9.35 Å². The summed E-state index contributed by atoms with van der Waals surface area (Å²) in [5.41, 5.74) is 0. The first-order chi connectivity index (χ1) is 7.16. The lowest BCUT2D eigenvalue weighted by Crippen LogP contribution is -1.86. The lowest BCUT2D eigenvalue weighted by Gasteiger charge is -1.87. The maximum atomic E-state index is 4.95. The Hall–Kier alpha value is -0.310. The molecule has 0 fully saturated rings. The number of H-pyrrole nitrogens is 1. The Kier molecular flexibility index (Phi) is 3.49. The highest BCUT2D eigenvalue weighted by Gasteiger charge is 2.01. The second-order valence-electron chi connectivity index (χ2n) is 2.52. The van der Waals surface area contributed by atoms with Crippen molar-refractivity contribution < 1.29 is 0 Å². The molecule has 0 aromatic carbocycles. The molecule has 0 saturated heterocycles. The summed E-state index contributed by atoms with van der Waals surface area (Å²) < 4.78 is 4.03. The predicted octanol–water partition coefficient (Wildman–Crippen LogP) is 3.41. The standard InChI is InChI=1S/C7H4Br2N4S2/c8-5-1-4(15-6(5)9)2-11-13-3-10-12-7(13)14/h1-3H,(H,12,14). The number of halogens is 2. The van der Waals surface area contributed by atoms with E-state index in [9.17, 15) is 0 Å². The van der Waals surface area contributed by atoms with E-state index >= 15 is 0 Å². The maximum Gasteiger partial charge on any atom is 0.216 e. The van der Waals surface area contributed by atoms with Crippen molar-refractivity contribution in [3.8, 4) is 0 Å². The first kappa shape index (κ1) is 11.2. The number of aromatic amines is 1. The van der Waals surface area contributed by atoms with Crippen LogP contribution in [-0.2, 0) is 0 Å². The molecule has 0 unspecified atom stereocenters. The monoisotopic (exact) mass is 366 g/mol. The highest BCUT2D eigenvalue weighted by molar-refractivity contribution is 9.13. The molecular weight excluding hydrogens is 364 g/mol. The van der Waals surface area contributed by atoms with E-state index in [1.165, 1.54) is 11.0 Å². The number of hydrogen-bond donors (Lipinski definition) is 1. The van der Waals surface area contributed by atoms with Crippen LogP contribution in [0.4, 0.5) is 0 Å². The van der Waals surface area contributed by atoms with Crippen LogP contribution in [0, 0.1) is 4.77 Å². The molecule has 2 aromatic heterocycles. The van der Waals surface area contributed by atoms with Crippen molar-refractivity contribution >= 4 is 61.6 Å². The number of nitrogens with one attached hydrogen (secondary N) is 1. The van der Waals surface area contributed by atoms with Gasteiger partial charge in [0.25, 0.3) is 0 Å². The summed E-state index contributed by atoms with van der Waals surface area (Å²) in [5, 5.41) is 10.5. The first-order valence-corrected chi connectivity index (χ1v) is 6.59. The average molecular weight is 368 g/mol. The molecule has 0 bridgehead atoms. The molecular formula is C7H4Br2N4S2. The van der Waals surface area contributed by atoms with E-state index in [0.717, 1.165) is 13.1 Å². The summed E-state index contributed by atoms with van der Waals surface area (Å²) in [7, 11) is 0. The van der Waals surface area contributed by atoms with E-state index in [-0.39, 0.29) is 0 Å². The van der Waals surface area contributed by atoms with Crippen molar-refractivity contribution in [1.82, 2.24) is 14.9 Å². The van der Waals surface area contributed by atoms with E-state index in [1.807, 2.05) is 6.07 Å². The smallest absolute Gasteiger partial charge is 0.216 e. The fourth-order valence-corrected chi connectivity index (χ4v) is 2.97. The van der Waals surface area contributed by atoms with E-state index < -0.39 is 0 Å². The van der Waals surface area contributed by atoms with Crippen LogP contribution >= 0.6 is 55.4 Å². The minimum Gasteiger partial charge on any atom is -0.250 e. The third kappa shape index (κ3) is 2.63. The van der Waals surface area contributed by atoms with Crippen LogP contribution in [0.5, 0.6) is 0 Å². The van der Waals surface area contributed by atoms with Gasteiger partial charge in [0.2, 0.25) is 4.77 Å². The Morgan fingerprint density at radius 1 is 1.60 bits per heavy atom. The molecule has 0 atom stereocenters. The van der Waals surface area contributed by atoms with Gasteiger partial charge >= 0.3 is 0 Å². The zero-order chi connectivity index (χ0) is 10.8. The number of nitrogens with zero attached hydrogens (tertiary/aromatic N) is 3. The van der Waals surface area contributed by atoms with E-state index in [4.69, 9.17) is 12.2 Å². The molecule has 2 heterocycles. The molecule has 0 spiro atoms. The molecule has 0 radical (unpaired) electrons. The highest BCUT2D eigenvalue weighted by atomic mass is 79.9. The number of rotatable bonds is 2. The van der Waals surface area contributed by atoms with Gasteiger partial charge in [-0.3, -0.25) is 5.10 Å². The summed E-state index contributed by atoms with van der Waals surface area (Å²) in [4.78, 5) is 1.02. The second kappa shape index (κ2) is 4.69. The van der Waals surface area contributed by atoms with Gasteiger partial charge < -0.3 is 0 Å². The summed E-state index contributed by atoms with van der Waals surface area (Å²) in [6.07, 6.45) is 3.25. The fourth-order valence-electron chi connectivity index (χ4n) is 0.871. The number of thiophene rings is 1. The van der Waals surface area contributed by atoms with Gasteiger partial charge in [-0.2, -0.15) is 14.9 Å². The van der Waals surface area contributed by atoms with Crippen LogP contribution in [0.1, 0.15) is 4.88 Å². The average Bonchev–Trinajstić information content (AvgIpc) is 2.72. The second-order valence-corrected chi connectivity index (χ2v) is 6.16. The van der Waals surface area contributed by atoms with E-state index in [2.05, 4.69) is 47.2 Å². The van der Waals surface area contributed by atoms with Gasteiger partial charge in [-0.15, -0.1) is 11.3 Å². The number of hydrogen-bond acceptors (Lipinski definition) is 4. The minimum atomic E-state index is 0.473. The normalized spacial score (nSPS) is 11.3. The zero-order valence-electron chi connectivity index (χ0n) is 7.15. The molecule has 15 heavy (non-hydrogen) atoms. The van der Waals surface area contributed by atoms with E-state index in [0.29, 0.717) is 4.77 Å². The summed E-state index contributed by atoms with van der Waals surface area (Å²) in [6, 6.07) is 1.97. The van der Waals surface area contributed by atoms with Crippen molar-refractivity contribution in [2.45, 2.75) is 0 Å². The molecule has 0 saturated carbocycles. The van der Waals surface area contributed by atoms with Crippen molar-refractivity contribution in [2.24, 2.45) is 5.10 Å². The van der Waals surface area contributed by atoms with Crippen LogP contribution in [0.15, 0.2) is 25.8 Å². The van der Waals surface area contributed by atoms with Gasteiger partial charge in [0.15, 0.2) is 0 Å². The van der Waals surface area contributed by atoms with Crippen molar-refractivity contribution in [3.63, 3.8) is 0 Å². The molecule has 2 rings (SSSR count). The molecule has 0 amide bonds. The summed E-state index contributed by atoms with van der Waals surface area (Å²) in [6.45, 7) is 0. The van der Waals surface area contributed by atoms with E-state index in [1.54, 1.807) is 17.6 Å². The summed E-state index contributed by atoms with van der Waals surface area (Å²) in [5.74, 6) is 0. The van der Waals surface area contributed by atoms with Gasteiger partial charge in [0.1, 0.15) is 6.33 Å². The third-order valence-corrected chi connectivity index (χ3v) is 4.98. The molecule has 0 aliphatic heterocycles. The molecule has 78 valence electrons. The topological polar surface area (TPSA) is 46.0 Å². The molecule has 4 nitrogen and oxygen atoms in total. The van der Waals surface area contributed by atoms with Crippen LogP contribution in [0.3, 0.4) is 0 Å². The number of aromatic nitrogens is 3. The SMILES string of the molecule is S=c1[nH]ncn1N=Cc1cc(Br)c(Br)s1. The molecule has 8 heteroatoms. The van der Waals surface area contributed by atoms with Crippen LogP contribution in [-0.4, -0.2) is 21.1 Å². The fraction of sp³-hybridized carbons (Fsp3) is 0. The van der Waals surface area contributed by atoms with Gasteiger partial charge in [0.05, 0.1) is 10.0 Å². The molecule has 1 N–H and O–H groups in total. The van der Waals surface area contributed by atoms with Crippen molar-refractivity contribution in [3.05, 3.63) is 30.3 Å². The lowest BCUT2D eigenvalue weighted by atomic mass is 10.5. The Bertz CT molecular complexity index is 534. The van der Waals surface area contributed by atoms with Crippen molar-refractivity contribution in [1.29, 1.82) is 0 Å². The maximum absolute atomic E-state index is 4.95. The van der Waals surface area contributed by atoms with Crippen LogP contribution < -0.4 is 0 Å². The Labute approximate surface area is 111 Å². The quantitative estimate of drug-likeness (QED) is 0.653. The molecule has 2 aromatic rings. The van der Waals surface area contributed by atoms with Crippen LogP contribution in [0.25, 0.3) is 0 Å². The Balaban J connectivity index is 2.26. The Morgan fingerprint density at radius 3 is 2.93 bits per heavy atom. The predicted molar refractivity (Wildman–Crippen MR) is 70.1 cm³/mol. The zero-order valence-corrected chi connectivity index (χ0v) is 12.0. The lowest BCUT2D eigenvalue weighted by molar-refractivity contribution is 0.863. The molecule has 0 aliphatic carbocycles. The highest BCUT2D eigenvalue weighted by Crippen LogP contribution is 2.31. The third-order valence-electron chi connectivity index (χ3n) is 1.51. The molecule has 0 aliphatic rings. The van der Waals surface area contributed by atoms with Gasteiger partial charge in [-0.25, -0.2) is 0 Å². The van der Waals surface area contributed by atoms with Gasteiger partial charge in [-0.1, -0.05) is 0 Å². The first-order valence-electron chi connectivity index (χ1n) is 3.78. The summed E-state index contributed by atoms with van der Waals surface area (Å²) >= 11 is 13.4. The van der Waals surface area contributed by atoms with Crippen molar-refractivity contribution in [2.75, 3.05) is 0 Å². The van der Waals surface area contributed by atoms with Gasteiger partial charge in [-0.05, 0) is 50.1 Å². The van der Waals surface area contributed by atoms with Crippen LogP contribution in [0.2, 0.25) is 0 Å². The Morgan fingerprint density at radius 2 is 2.40 bits per heavy atom. The minimum absolute atomic E-state index is 0.473. The largest absolute Gasteiger partial charge is 0.250 e.